The van der Waals surface area contributed by atoms with Gasteiger partial charge in [0.1, 0.15) is 5.82 Å². The Kier molecular flexibility index (Phi) is 3.94. The highest BCUT2D eigenvalue weighted by Gasteiger charge is 2.20. The van der Waals surface area contributed by atoms with E-state index >= 15 is 0 Å². The van der Waals surface area contributed by atoms with E-state index in [0.717, 1.165) is 24.8 Å². The van der Waals surface area contributed by atoms with Gasteiger partial charge in [-0.05, 0) is 30.4 Å². The minimum absolute atomic E-state index is 0.474. The van der Waals surface area contributed by atoms with Crippen LogP contribution in [0.1, 0.15) is 27.2 Å². The molecule has 2 heterocycles. The third-order valence-electron chi connectivity index (χ3n) is 3.18. The summed E-state index contributed by atoms with van der Waals surface area (Å²) < 4.78 is 5.66. The van der Waals surface area contributed by atoms with Gasteiger partial charge in [0.2, 0.25) is 5.88 Å². The Hall–Kier alpha value is -1.45. The van der Waals surface area contributed by atoms with Crippen molar-refractivity contribution >= 4 is 11.5 Å². The van der Waals surface area contributed by atoms with Crippen LogP contribution in [0, 0.1) is 11.8 Å². The Labute approximate surface area is 109 Å². The third-order valence-corrected chi connectivity index (χ3v) is 3.18. The highest BCUT2D eigenvalue weighted by molar-refractivity contribution is 5.54. The summed E-state index contributed by atoms with van der Waals surface area (Å²) in [5.41, 5.74) is 6.51. The van der Waals surface area contributed by atoms with Gasteiger partial charge < -0.3 is 15.4 Å². The standard InChI is InChI=1S/C14H23N3O/c1-10(2)9-18-14-12(15)4-5-13(16-14)17-7-6-11(3)8-17/h4-5,10-11H,6-9,15H2,1-3H3. The fourth-order valence-electron chi connectivity index (χ4n) is 2.12. The molecule has 1 aliphatic rings. The molecule has 1 aromatic heterocycles. The van der Waals surface area contributed by atoms with E-state index in [2.05, 4.69) is 30.7 Å². The molecule has 0 radical (unpaired) electrons. The van der Waals surface area contributed by atoms with Gasteiger partial charge >= 0.3 is 0 Å². The van der Waals surface area contributed by atoms with E-state index in [1.54, 1.807) is 0 Å². The van der Waals surface area contributed by atoms with E-state index in [1.807, 2.05) is 12.1 Å². The summed E-state index contributed by atoms with van der Waals surface area (Å²) in [5, 5.41) is 0. The Bertz CT molecular complexity index is 406. The monoisotopic (exact) mass is 249 g/mol. The molecule has 1 unspecified atom stereocenters. The number of nitrogens with zero attached hydrogens (tertiary/aromatic N) is 2. The van der Waals surface area contributed by atoms with E-state index in [9.17, 15) is 0 Å². The van der Waals surface area contributed by atoms with Crippen LogP contribution in [0.5, 0.6) is 5.88 Å². The molecule has 0 aliphatic carbocycles. The van der Waals surface area contributed by atoms with Crippen LogP contribution in [0.3, 0.4) is 0 Å². The van der Waals surface area contributed by atoms with Gasteiger partial charge in [-0.15, -0.1) is 0 Å². The van der Waals surface area contributed by atoms with Crippen LogP contribution in [0.4, 0.5) is 11.5 Å². The average Bonchev–Trinajstić information content (AvgIpc) is 2.74. The van der Waals surface area contributed by atoms with E-state index in [-0.39, 0.29) is 0 Å². The molecule has 1 fully saturated rings. The zero-order chi connectivity index (χ0) is 13.1. The van der Waals surface area contributed by atoms with E-state index in [4.69, 9.17) is 10.5 Å². The lowest BCUT2D eigenvalue weighted by Crippen LogP contribution is -2.20. The Morgan fingerprint density at radius 2 is 2.28 bits per heavy atom. The van der Waals surface area contributed by atoms with Gasteiger partial charge in [-0.1, -0.05) is 20.8 Å². The molecule has 1 aromatic rings. The molecule has 1 atom stereocenters. The first-order chi connectivity index (χ1) is 8.56. The first-order valence-electron chi connectivity index (χ1n) is 6.70. The van der Waals surface area contributed by atoms with Gasteiger partial charge in [-0.3, -0.25) is 0 Å². The lowest BCUT2D eigenvalue weighted by molar-refractivity contribution is 0.263. The second-order valence-corrected chi connectivity index (χ2v) is 5.61. The Morgan fingerprint density at radius 1 is 1.50 bits per heavy atom. The molecule has 4 heteroatoms. The van der Waals surface area contributed by atoms with Crippen molar-refractivity contribution in [3.8, 4) is 5.88 Å². The molecule has 0 saturated carbocycles. The molecule has 1 saturated heterocycles. The summed E-state index contributed by atoms with van der Waals surface area (Å²) in [7, 11) is 0. The average molecular weight is 249 g/mol. The van der Waals surface area contributed by atoms with Crippen molar-refractivity contribution in [2.45, 2.75) is 27.2 Å². The summed E-state index contributed by atoms with van der Waals surface area (Å²) in [6.45, 7) is 9.29. The maximum absolute atomic E-state index is 5.90. The second-order valence-electron chi connectivity index (χ2n) is 5.61. The maximum Gasteiger partial charge on any atom is 0.239 e. The number of hydrogen-bond acceptors (Lipinski definition) is 4. The smallest absolute Gasteiger partial charge is 0.239 e. The van der Waals surface area contributed by atoms with Crippen molar-refractivity contribution in [2.24, 2.45) is 11.8 Å². The van der Waals surface area contributed by atoms with Crippen LogP contribution >= 0.6 is 0 Å². The molecular formula is C14H23N3O. The quantitative estimate of drug-likeness (QED) is 0.891. The highest BCUT2D eigenvalue weighted by Crippen LogP contribution is 2.27. The molecule has 0 amide bonds. The fraction of sp³-hybridized carbons (Fsp3) is 0.643. The number of nitrogens with two attached hydrogens (primary N) is 1. The molecular weight excluding hydrogens is 226 g/mol. The van der Waals surface area contributed by atoms with Crippen LogP contribution in [0.2, 0.25) is 0 Å². The maximum atomic E-state index is 5.90. The molecule has 0 bridgehead atoms. The summed E-state index contributed by atoms with van der Waals surface area (Å²) >= 11 is 0. The SMILES string of the molecule is CC(C)COc1nc(N2CCC(C)C2)ccc1N. The molecule has 0 spiro atoms. The normalized spacial score (nSPS) is 19.6. The largest absolute Gasteiger partial charge is 0.476 e. The zero-order valence-corrected chi connectivity index (χ0v) is 11.5. The number of pyridine rings is 1. The van der Waals surface area contributed by atoms with Gasteiger partial charge in [0.15, 0.2) is 0 Å². The summed E-state index contributed by atoms with van der Waals surface area (Å²) in [6, 6.07) is 3.87. The van der Waals surface area contributed by atoms with E-state index in [1.165, 1.54) is 6.42 Å². The molecule has 4 nitrogen and oxygen atoms in total. The number of ether oxygens (including phenoxy) is 1. The summed E-state index contributed by atoms with van der Waals surface area (Å²) in [5.74, 6) is 2.76. The van der Waals surface area contributed by atoms with Crippen LogP contribution in [0.25, 0.3) is 0 Å². The van der Waals surface area contributed by atoms with Crippen LogP contribution in [-0.4, -0.2) is 24.7 Å². The van der Waals surface area contributed by atoms with Gasteiger partial charge in [0.25, 0.3) is 0 Å². The number of aromatic nitrogens is 1. The van der Waals surface area contributed by atoms with Crippen LogP contribution < -0.4 is 15.4 Å². The van der Waals surface area contributed by atoms with Crippen molar-refractivity contribution in [1.29, 1.82) is 0 Å². The molecule has 18 heavy (non-hydrogen) atoms. The molecule has 0 aromatic carbocycles. The van der Waals surface area contributed by atoms with Crippen molar-refractivity contribution in [3.63, 3.8) is 0 Å². The molecule has 1 aliphatic heterocycles. The summed E-state index contributed by atoms with van der Waals surface area (Å²) in [6.07, 6.45) is 1.23. The zero-order valence-electron chi connectivity index (χ0n) is 11.5. The predicted molar refractivity (Wildman–Crippen MR) is 75.0 cm³/mol. The van der Waals surface area contributed by atoms with Gasteiger partial charge in [0.05, 0.1) is 12.3 Å². The second kappa shape index (κ2) is 5.46. The van der Waals surface area contributed by atoms with Crippen molar-refractivity contribution in [2.75, 3.05) is 30.3 Å². The van der Waals surface area contributed by atoms with Gasteiger partial charge in [0, 0.05) is 13.1 Å². The highest BCUT2D eigenvalue weighted by atomic mass is 16.5. The number of anilines is 2. The molecule has 2 rings (SSSR count). The lowest BCUT2D eigenvalue weighted by Gasteiger charge is -2.18. The Morgan fingerprint density at radius 3 is 2.89 bits per heavy atom. The lowest BCUT2D eigenvalue weighted by atomic mass is 10.2. The van der Waals surface area contributed by atoms with E-state index < -0.39 is 0 Å². The molecule has 100 valence electrons. The van der Waals surface area contributed by atoms with Gasteiger partial charge in [-0.25, -0.2) is 0 Å². The number of rotatable bonds is 4. The topological polar surface area (TPSA) is 51.4 Å². The fourth-order valence-corrected chi connectivity index (χ4v) is 2.12. The van der Waals surface area contributed by atoms with Crippen LogP contribution in [-0.2, 0) is 0 Å². The Balaban J connectivity index is 2.10. The first-order valence-corrected chi connectivity index (χ1v) is 6.70. The van der Waals surface area contributed by atoms with Crippen molar-refractivity contribution in [3.05, 3.63) is 12.1 Å². The summed E-state index contributed by atoms with van der Waals surface area (Å²) in [4.78, 5) is 6.84. The number of hydrogen-bond donors (Lipinski definition) is 1. The third kappa shape index (κ3) is 3.06. The molecule has 2 N–H and O–H groups in total. The van der Waals surface area contributed by atoms with Gasteiger partial charge in [-0.2, -0.15) is 4.98 Å². The van der Waals surface area contributed by atoms with Crippen LogP contribution in [0.15, 0.2) is 12.1 Å². The van der Waals surface area contributed by atoms with E-state index in [0.29, 0.717) is 24.1 Å². The van der Waals surface area contributed by atoms with Crippen molar-refractivity contribution < 1.29 is 4.74 Å². The predicted octanol–water partition coefficient (Wildman–Crippen LogP) is 2.54. The first kappa shape index (κ1) is 13.0. The van der Waals surface area contributed by atoms with Crippen molar-refractivity contribution in [1.82, 2.24) is 4.98 Å². The number of nitrogen functional groups attached to an aromatic ring is 1. The minimum Gasteiger partial charge on any atom is -0.476 e. The minimum atomic E-state index is 0.474.